The van der Waals surface area contributed by atoms with Crippen molar-refractivity contribution in [2.24, 2.45) is 5.10 Å². The van der Waals surface area contributed by atoms with Crippen LogP contribution in [0.2, 0.25) is 0 Å². The van der Waals surface area contributed by atoms with E-state index in [4.69, 9.17) is 4.74 Å². The molecule has 2 amide bonds. The fourth-order valence-electron chi connectivity index (χ4n) is 2.98. The van der Waals surface area contributed by atoms with Crippen molar-refractivity contribution in [3.63, 3.8) is 0 Å². The number of ether oxygens (including phenoxy) is 1. The van der Waals surface area contributed by atoms with E-state index in [9.17, 15) is 19.7 Å². The number of nitrogens with zero attached hydrogens (tertiary/aromatic N) is 2. The van der Waals surface area contributed by atoms with Crippen molar-refractivity contribution >= 4 is 28.9 Å². The Morgan fingerprint density at radius 2 is 1.70 bits per heavy atom. The summed E-state index contributed by atoms with van der Waals surface area (Å²) >= 11 is 0. The van der Waals surface area contributed by atoms with E-state index in [-0.39, 0.29) is 23.6 Å². The van der Waals surface area contributed by atoms with Gasteiger partial charge in [0.1, 0.15) is 5.75 Å². The molecule has 2 N–H and O–H groups in total. The lowest BCUT2D eigenvalue weighted by Gasteiger charge is -2.08. The summed E-state index contributed by atoms with van der Waals surface area (Å²) < 4.78 is 5.11. The molecule has 0 aromatic heterocycles. The third kappa shape index (κ3) is 6.47. The molecule has 9 heteroatoms. The molecule has 0 saturated carbocycles. The highest BCUT2D eigenvalue weighted by atomic mass is 16.6. The smallest absolute Gasteiger partial charge is 0.271 e. The highest BCUT2D eigenvalue weighted by Crippen LogP contribution is 2.15. The van der Waals surface area contributed by atoms with E-state index in [1.807, 2.05) is 12.1 Å². The van der Waals surface area contributed by atoms with Gasteiger partial charge in [0.05, 0.1) is 24.2 Å². The van der Waals surface area contributed by atoms with Gasteiger partial charge in [0.15, 0.2) is 0 Å². The molecule has 0 saturated heterocycles. The molecule has 3 aromatic rings. The molecule has 0 aliphatic carbocycles. The van der Waals surface area contributed by atoms with Crippen LogP contribution in [0.3, 0.4) is 0 Å². The summed E-state index contributed by atoms with van der Waals surface area (Å²) in [6.45, 7) is 1.70. The van der Waals surface area contributed by atoms with Crippen LogP contribution in [0.5, 0.6) is 5.75 Å². The molecule has 0 spiro atoms. The quantitative estimate of drug-likeness (QED) is 0.308. The first-order valence-electron chi connectivity index (χ1n) is 9.98. The normalized spacial score (nSPS) is 10.9. The van der Waals surface area contributed by atoms with Crippen molar-refractivity contribution in [3.05, 3.63) is 99.6 Å². The van der Waals surface area contributed by atoms with Gasteiger partial charge < -0.3 is 10.1 Å². The van der Waals surface area contributed by atoms with Gasteiger partial charge in [-0.1, -0.05) is 30.3 Å². The number of nitrogens with one attached hydrogen (secondary N) is 2. The van der Waals surface area contributed by atoms with Gasteiger partial charge in [-0.05, 0) is 48.4 Å². The summed E-state index contributed by atoms with van der Waals surface area (Å²) in [7, 11) is 1.58. The first-order chi connectivity index (χ1) is 15.9. The van der Waals surface area contributed by atoms with Gasteiger partial charge in [-0.3, -0.25) is 19.7 Å². The summed E-state index contributed by atoms with van der Waals surface area (Å²) in [6.07, 6.45) is 0.209. The zero-order valence-electron chi connectivity index (χ0n) is 18.1. The van der Waals surface area contributed by atoms with Gasteiger partial charge in [-0.15, -0.1) is 0 Å². The standard InChI is InChI=1S/C24H22N4O5/c1-16(26-27-24(30)19-6-4-8-21(15-19)28(31)32)18-5-3-7-20(14-18)25-23(29)13-17-9-11-22(33-2)12-10-17/h3-12,14-15H,13H2,1-2H3,(H,25,29)(H,27,30). The van der Waals surface area contributed by atoms with E-state index in [2.05, 4.69) is 15.8 Å². The Bertz CT molecular complexity index is 1210. The Morgan fingerprint density at radius 3 is 2.39 bits per heavy atom. The van der Waals surface area contributed by atoms with Crippen molar-refractivity contribution in [1.29, 1.82) is 0 Å². The fraction of sp³-hybridized carbons (Fsp3) is 0.125. The Kier molecular flexibility index (Phi) is 7.48. The lowest BCUT2D eigenvalue weighted by Crippen LogP contribution is -2.19. The molecule has 0 radical (unpaired) electrons. The number of methoxy groups -OCH3 is 1. The third-order valence-electron chi connectivity index (χ3n) is 4.73. The highest BCUT2D eigenvalue weighted by molar-refractivity contribution is 6.02. The van der Waals surface area contributed by atoms with Crippen LogP contribution in [0.15, 0.2) is 77.9 Å². The number of hydrogen-bond donors (Lipinski definition) is 2. The average Bonchev–Trinajstić information content (AvgIpc) is 2.83. The minimum absolute atomic E-state index is 0.125. The number of carbonyl (C=O) groups is 2. The highest BCUT2D eigenvalue weighted by Gasteiger charge is 2.11. The summed E-state index contributed by atoms with van der Waals surface area (Å²) in [5.74, 6) is -0.0212. The van der Waals surface area contributed by atoms with Crippen LogP contribution < -0.4 is 15.5 Å². The van der Waals surface area contributed by atoms with E-state index >= 15 is 0 Å². The maximum absolute atomic E-state index is 12.4. The molecule has 0 aliphatic heterocycles. The number of rotatable bonds is 8. The second-order valence-corrected chi connectivity index (χ2v) is 7.10. The average molecular weight is 446 g/mol. The number of anilines is 1. The van der Waals surface area contributed by atoms with Gasteiger partial charge in [-0.25, -0.2) is 5.43 Å². The van der Waals surface area contributed by atoms with E-state index in [0.29, 0.717) is 17.0 Å². The number of nitro groups is 1. The van der Waals surface area contributed by atoms with Crippen LogP contribution in [-0.2, 0) is 11.2 Å². The van der Waals surface area contributed by atoms with Gasteiger partial charge in [-0.2, -0.15) is 5.10 Å². The van der Waals surface area contributed by atoms with Crippen LogP contribution in [0.4, 0.5) is 11.4 Å². The maximum atomic E-state index is 12.4. The predicted octanol–water partition coefficient (Wildman–Crippen LogP) is 3.94. The molecule has 33 heavy (non-hydrogen) atoms. The maximum Gasteiger partial charge on any atom is 0.271 e. The van der Waals surface area contributed by atoms with Crippen LogP contribution in [0.25, 0.3) is 0 Å². The fourth-order valence-corrected chi connectivity index (χ4v) is 2.98. The second-order valence-electron chi connectivity index (χ2n) is 7.10. The lowest BCUT2D eigenvalue weighted by molar-refractivity contribution is -0.384. The summed E-state index contributed by atoms with van der Waals surface area (Å²) in [5, 5.41) is 17.8. The van der Waals surface area contributed by atoms with Crippen molar-refractivity contribution < 1.29 is 19.2 Å². The number of benzene rings is 3. The molecule has 9 nitrogen and oxygen atoms in total. The third-order valence-corrected chi connectivity index (χ3v) is 4.73. The van der Waals surface area contributed by atoms with E-state index in [0.717, 1.165) is 11.3 Å². The Balaban J connectivity index is 1.63. The lowest BCUT2D eigenvalue weighted by atomic mass is 10.1. The van der Waals surface area contributed by atoms with Crippen LogP contribution in [0, 0.1) is 10.1 Å². The minimum atomic E-state index is -0.570. The first-order valence-corrected chi connectivity index (χ1v) is 9.98. The molecular formula is C24H22N4O5. The van der Waals surface area contributed by atoms with Crippen LogP contribution in [0.1, 0.15) is 28.4 Å². The van der Waals surface area contributed by atoms with E-state index < -0.39 is 10.8 Å². The van der Waals surface area contributed by atoms with Crippen molar-refractivity contribution in [2.45, 2.75) is 13.3 Å². The predicted molar refractivity (Wildman–Crippen MR) is 125 cm³/mol. The molecule has 0 atom stereocenters. The van der Waals surface area contributed by atoms with Crippen molar-refractivity contribution in [3.8, 4) is 5.75 Å². The Morgan fingerprint density at radius 1 is 1.00 bits per heavy atom. The summed E-state index contributed by atoms with van der Waals surface area (Å²) in [4.78, 5) is 35.0. The Labute approximate surface area is 190 Å². The minimum Gasteiger partial charge on any atom is -0.497 e. The van der Waals surface area contributed by atoms with Gasteiger partial charge in [0.2, 0.25) is 5.91 Å². The zero-order chi connectivity index (χ0) is 23.8. The van der Waals surface area contributed by atoms with Gasteiger partial charge in [0, 0.05) is 23.4 Å². The molecule has 3 rings (SSSR count). The monoisotopic (exact) mass is 446 g/mol. The Hall–Kier alpha value is -4.53. The summed E-state index contributed by atoms with van der Waals surface area (Å²) in [6, 6.07) is 19.7. The SMILES string of the molecule is COc1ccc(CC(=O)Nc2cccc(C(C)=NNC(=O)c3cccc([N+](=O)[O-])c3)c2)cc1. The molecule has 0 heterocycles. The van der Waals surface area contributed by atoms with Crippen molar-refractivity contribution in [1.82, 2.24) is 5.43 Å². The van der Waals surface area contributed by atoms with Crippen LogP contribution in [-0.4, -0.2) is 29.6 Å². The first kappa shape index (κ1) is 23.1. The van der Waals surface area contributed by atoms with Crippen molar-refractivity contribution in [2.75, 3.05) is 12.4 Å². The van der Waals surface area contributed by atoms with E-state index in [1.165, 1.54) is 24.3 Å². The van der Waals surface area contributed by atoms with Crippen LogP contribution >= 0.6 is 0 Å². The largest absolute Gasteiger partial charge is 0.497 e. The topological polar surface area (TPSA) is 123 Å². The number of non-ortho nitro benzene ring substituents is 1. The number of hydrazone groups is 1. The number of hydrogen-bond acceptors (Lipinski definition) is 6. The van der Waals surface area contributed by atoms with E-state index in [1.54, 1.807) is 50.4 Å². The summed E-state index contributed by atoms with van der Waals surface area (Å²) in [5.41, 5.74) is 4.97. The molecule has 0 unspecified atom stereocenters. The number of nitro benzene ring substituents is 1. The molecule has 0 fully saturated rings. The molecule has 3 aromatic carbocycles. The number of carbonyl (C=O) groups excluding carboxylic acids is 2. The van der Waals surface area contributed by atoms with Gasteiger partial charge >= 0.3 is 0 Å². The molecule has 0 aliphatic rings. The van der Waals surface area contributed by atoms with Gasteiger partial charge in [0.25, 0.3) is 11.6 Å². The number of amides is 2. The molecule has 168 valence electrons. The second kappa shape index (κ2) is 10.7. The molecule has 0 bridgehead atoms. The molecular weight excluding hydrogens is 424 g/mol. The zero-order valence-corrected chi connectivity index (χ0v) is 18.1.